The average molecular weight is 312 g/mol. The molecule has 0 amide bonds. The normalized spacial score (nSPS) is 12.7. The first-order chi connectivity index (χ1) is 9.52. The molecule has 20 heavy (non-hydrogen) atoms. The fourth-order valence-corrected chi connectivity index (χ4v) is 2.82. The summed E-state index contributed by atoms with van der Waals surface area (Å²) in [4.78, 5) is 0. The van der Waals surface area contributed by atoms with E-state index in [4.69, 9.17) is 23.2 Å². The number of halogens is 2. The summed E-state index contributed by atoms with van der Waals surface area (Å²) in [6.45, 7) is 5.01. The summed E-state index contributed by atoms with van der Waals surface area (Å²) in [6.07, 6.45) is 2.85. The minimum absolute atomic E-state index is 0.185. The van der Waals surface area contributed by atoms with Gasteiger partial charge in [-0.05, 0) is 31.5 Å². The van der Waals surface area contributed by atoms with Crippen LogP contribution in [0.4, 0.5) is 0 Å². The summed E-state index contributed by atoms with van der Waals surface area (Å²) in [6, 6.07) is 5.95. The third-order valence-corrected chi connectivity index (χ3v) is 4.19. The van der Waals surface area contributed by atoms with E-state index < -0.39 is 0 Å². The smallest absolute Gasteiger partial charge is 0.0641 e. The van der Waals surface area contributed by atoms with Gasteiger partial charge in [-0.1, -0.05) is 42.3 Å². The number of hydrogen-bond donors (Lipinski definition) is 1. The number of hydrogen-bond acceptors (Lipinski definition) is 2. The van der Waals surface area contributed by atoms with Crippen molar-refractivity contribution < 1.29 is 0 Å². The van der Waals surface area contributed by atoms with E-state index in [2.05, 4.69) is 23.5 Å². The lowest BCUT2D eigenvalue weighted by Gasteiger charge is -2.18. The maximum absolute atomic E-state index is 6.29. The third-order valence-electron chi connectivity index (χ3n) is 3.33. The second-order valence-electron chi connectivity index (χ2n) is 4.87. The van der Waals surface area contributed by atoms with Crippen molar-refractivity contribution in [3.63, 3.8) is 0 Å². The molecule has 5 heteroatoms. The van der Waals surface area contributed by atoms with Crippen LogP contribution in [0.1, 0.15) is 29.8 Å². The standard InChI is InChI=1S/C15H19Cl2N3/c1-4-18-14(12-9-20(3)19-10(12)2)8-11-6-5-7-13(16)15(11)17/h5-7,9,14,18H,4,8H2,1-3H3. The van der Waals surface area contributed by atoms with Crippen LogP contribution in [0, 0.1) is 6.92 Å². The number of likely N-dealkylation sites (N-methyl/N-ethyl adjacent to an activating group) is 1. The van der Waals surface area contributed by atoms with Gasteiger partial charge >= 0.3 is 0 Å². The zero-order chi connectivity index (χ0) is 14.7. The average Bonchev–Trinajstić information content (AvgIpc) is 2.73. The van der Waals surface area contributed by atoms with E-state index in [9.17, 15) is 0 Å². The van der Waals surface area contributed by atoms with Crippen molar-refractivity contribution in [3.8, 4) is 0 Å². The summed E-state index contributed by atoms with van der Waals surface area (Å²) in [7, 11) is 1.94. The second-order valence-corrected chi connectivity index (χ2v) is 5.66. The van der Waals surface area contributed by atoms with Gasteiger partial charge in [0.15, 0.2) is 0 Å². The predicted molar refractivity (Wildman–Crippen MR) is 84.5 cm³/mol. The Labute approximate surface area is 129 Å². The summed E-state index contributed by atoms with van der Waals surface area (Å²) in [5, 5.41) is 9.14. The number of aryl methyl sites for hydroxylation is 2. The van der Waals surface area contributed by atoms with E-state index in [-0.39, 0.29) is 6.04 Å². The number of nitrogens with zero attached hydrogens (tertiary/aromatic N) is 2. The van der Waals surface area contributed by atoms with Crippen molar-refractivity contribution in [1.82, 2.24) is 15.1 Å². The lowest BCUT2D eigenvalue weighted by molar-refractivity contribution is 0.547. The molecule has 1 aromatic carbocycles. The van der Waals surface area contributed by atoms with Crippen LogP contribution in [0.3, 0.4) is 0 Å². The van der Waals surface area contributed by atoms with E-state index in [1.54, 1.807) is 0 Å². The molecular weight excluding hydrogens is 293 g/mol. The van der Waals surface area contributed by atoms with E-state index in [0.717, 1.165) is 24.2 Å². The molecule has 2 rings (SSSR count). The quantitative estimate of drug-likeness (QED) is 0.906. The molecule has 0 saturated heterocycles. The first-order valence-corrected chi connectivity index (χ1v) is 7.45. The van der Waals surface area contributed by atoms with Gasteiger partial charge in [-0.15, -0.1) is 0 Å². The molecule has 1 atom stereocenters. The van der Waals surface area contributed by atoms with Gasteiger partial charge in [0.25, 0.3) is 0 Å². The Bertz CT molecular complexity index is 593. The maximum Gasteiger partial charge on any atom is 0.0641 e. The van der Waals surface area contributed by atoms with Crippen LogP contribution >= 0.6 is 23.2 Å². The molecule has 1 N–H and O–H groups in total. The molecule has 0 saturated carbocycles. The summed E-state index contributed by atoms with van der Waals surface area (Å²) >= 11 is 12.4. The van der Waals surface area contributed by atoms with Crippen LogP contribution in [0.25, 0.3) is 0 Å². The largest absolute Gasteiger partial charge is 0.310 e. The second kappa shape index (κ2) is 6.61. The Morgan fingerprint density at radius 1 is 1.35 bits per heavy atom. The number of rotatable bonds is 5. The molecule has 0 fully saturated rings. The molecule has 0 spiro atoms. The first kappa shape index (κ1) is 15.4. The molecule has 0 aliphatic rings. The van der Waals surface area contributed by atoms with E-state index in [1.165, 1.54) is 5.56 Å². The highest BCUT2D eigenvalue weighted by atomic mass is 35.5. The highest BCUT2D eigenvalue weighted by molar-refractivity contribution is 6.42. The zero-order valence-corrected chi connectivity index (χ0v) is 13.5. The third kappa shape index (κ3) is 3.35. The van der Waals surface area contributed by atoms with Gasteiger partial charge in [0.05, 0.1) is 15.7 Å². The van der Waals surface area contributed by atoms with E-state index in [1.807, 2.05) is 36.9 Å². The summed E-state index contributed by atoms with van der Waals surface area (Å²) in [5.74, 6) is 0. The Morgan fingerprint density at radius 2 is 2.10 bits per heavy atom. The first-order valence-electron chi connectivity index (χ1n) is 6.69. The van der Waals surface area contributed by atoms with Crippen LogP contribution in [0.2, 0.25) is 10.0 Å². The van der Waals surface area contributed by atoms with Crippen molar-refractivity contribution in [2.24, 2.45) is 7.05 Å². The van der Waals surface area contributed by atoms with Crippen molar-refractivity contribution in [2.45, 2.75) is 26.3 Å². The highest BCUT2D eigenvalue weighted by Crippen LogP contribution is 2.29. The monoisotopic (exact) mass is 311 g/mol. The fraction of sp³-hybridized carbons (Fsp3) is 0.400. The van der Waals surface area contributed by atoms with Crippen LogP contribution in [-0.2, 0) is 13.5 Å². The van der Waals surface area contributed by atoms with Crippen LogP contribution < -0.4 is 5.32 Å². The van der Waals surface area contributed by atoms with Crippen molar-refractivity contribution in [2.75, 3.05) is 6.54 Å². The molecule has 1 heterocycles. The lowest BCUT2D eigenvalue weighted by atomic mass is 9.99. The van der Waals surface area contributed by atoms with Gasteiger partial charge in [0.2, 0.25) is 0 Å². The van der Waals surface area contributed by atoms with E-state index >= 15 is 0 Å². The molecule has 0 bridgehead atoms. The molecule has 2 aromatic rings. The molecule has 0 radical (unpaired) electrons. The fourth-order valence-electron chi connectivity index (χ4n) is 2.42. The minimum Gasteiger partial charge on any atom is -0.310 e. The Kier molecular flexibility index (Phi) is 5.08. The Hall–Kier alpha value is -1.03. The molecule has 3 nitrogen and oxygen atoms in total. The van der Waals surface area contributed by atoms with Crippen molar-refractivity contribution in [3.05, 3.63) is 51.3 Å². The van der Waals surface area contributed by atoms with Gasteiger partial charge in [-0.25, -0.2) is 0 Å². The molecular formula is C15H19Cl2N3. The molecule has 0 aliphatic heterocycles. The molecule has 108 valence electrons. The number of benzene rings is 1. The number of nitrogens with one attached hydrogen (secondary N) is 1. The predicted octanol–water partition coefficient (Wildman–Crippen LogP) is 3.93. The molecule has 1 unspecified atom stereocenters. The summed E-state index contributed by atoms with van der Waals surface area (Å²) < 4.78 is 1.84. The van der Waals surface area contributed by atoms with Gasteiger partial charge in [-0.2, -0.15) is 5.10 Å². The Morgan fingerprint density at radius 3 is 2.70 bits per heavy atom. The van der Waals surface area contributed by atoms with Gasteiger partial charge in [0, 0.05) is 24.8 Å². The van der Waals surface area contributed by atoms with Crippen molar-refractivity contribution in [1.29, 1.82) is 0 Å². The topological polar surface area (TPSA) is 29.9 Å². The van der Waals surface area contributed by atoms with Gasteiger partial charge < -0.3 is 5.32 Å². The Balaban J connectivity index is 2.30. The van der Waals surface area contributed by atoms with Gasteiger partial charge in [-0.3, -0.25) is 4.68 Å². The molecule has 1 aromatic heterocycles. The summed E-state index contributed by atoms with van der Waals surface area (Å²) in [5.41, 5.74) is 3.29. The SMILES string of the molecule is CCNC(Cc1cccc(Cl)c1Cl)c1cn(C)nc1C. The maximum atomic E-state index is 6.29. The number of aromatic nitrogens is 2. The van der Waals surface area contributed by atoms with Crippen LogP contribution in [0.5, 0.6) is 0 Å². The van der Waals surface area contributed by atoms with Gasteiger partial charge in [0.1, 0.15) is 0 Å². The zero-order valence-electron chi connectivity index (χ0n) is 12.0. The van der Waals surface area contributed by atoms with Crippen LogP contribution in [0.15, 0.2) is 24.4 Å². The minimum atomic E-state index is 0.185. The van der Waals surface area contributed by atoms with Crippen LogP contribution in [-0.4, -0.2) is 16.3 Å². The lowest BCUT2D eigenvalue weighted by Crippen LogP contribution is -2.23. The highest BCUT2D eigenvalue weighted by Gasteiger charge is 2.18. The molecule has 0 aliphatic carbocycles. The van der Waals surface area contributed by atoms with Crippen molar-refractivity contribution >= 4 is 23.2 Å². The van der Waals surface area contributed by atoms with E-state index in [0.29, 0.717) is 10.0 Å².